The molecule has 5 heterocycles. The minimum atomic E-state index is -0.558. The Kier molecular flexibility index (Phi) is 5.15. The molecular weight excluding hydrogens is 378 g/mol. The zero-order valence-corrected chi connectivity index (χ0v) is 16.5. The maximum absolute atomic E-state index is 10.1. The average Bonchev–Trinajstić information content (AvgIpc) is 3.08. The summed E-state index contributed by atoms with van der Waals surface area (Å²) in [5.74, 6) is 1.75. The van der Waals surface area contributed by atoms with Crippen molar-refractivity contribution in [3.05, 3.63) is 16.9 Å². The van der Waals surface area contributed by atoms with Crippen LogP contribution in [0.25, 0.3) is 10.6 Å². The predicted molar refractivity (Wildman–Crippen MR) is 106 cm³/mol. The maximum Gasteiger partial charge on any atom is 0.223 e. The second-order valence-electron chi connectivity index (χ2n) is 7.54. The van der Waals surface area contributed by atoms with Crippen LogP contribution in [0.3, 0.4) is 0 Å². The molecule has 0 aliphatic carbocycles. The molecule has 2 aromatic heterocycles. The number of hydrogen-bond acceptors (Lipinski definition) is 9. The van der Waals surface area contributed by atoms with Gasteiger partial charge in [0.25, 0.3) is 0 Å². The van der Waals surface area contributed by atoms with Crippen molar-refractivity contribution in [2.24, 2.45) is 0 Å². The third-order valence-corrected chi connectivity index (χ3v) is 6.88. The zero-order valence-electron chi connectivity index (χ0n) is 15.7. The molecule has 2 aromatic rings. The van der Waals surface area contributed by atoms with Gasteiger partial charge in [-0.15, -0.1) is 11.3 Å². The van der Waals surface area contributed by atoms with Gasteiger partial charge in [-0.3, -0.25) is 0 Å². The molecule has 28 heavy (non-hydrogen) atoms. The normalized spacial score (nSPS) is 25.3. The molecular formula is C19H25N5O3S. The van der Waals surface area contributed by atoms with Crippen LogP contribution in [-0.2, 0) is 11.2 Å². The highest BCUT2D eigenvalue weighted by Crippen LogP contribution is 2.41. The fraction of sp³-hybridized carbons (Fsp3) is 0.632. The van der Waals surface area contributed by atoms with Crippen LogP contribution in [0.15, 0.2) is 6.20 Å². The number of aliphatic hydroxyl groups excluding tert-OH is 1. The van der Waals surface area contributed by atoms with E-state index < -0.39 is 6.10 Å². The molecule has 0 radical (unpaired) electrons. The lowest BCUT2D eigenvalue weighted by Crippen LogP contribution is -2.42. The lowest BCUT2D eigenvalue weighted by molar-refractivity contribution is -0.0136. The van der Waals surface area contributed by atoms with Crippen molar-refractivity contribution < 1.29 is 14.6 Å². The first-order valence-electron chi connectivity index (χ1n) is 10.0. The fourth-order valence-electron chi connectivity index (χ4n) is 3.99. The summed E-state index contributed by atoms with van der Waals surface area (Å²) in [6.07, 6.45) is 4.95. The highest BCUT2D eigenvalue weighted by molar-refractivity contribution is 7.15. The standard InChI is InChI=1S/C19H25N5O3S/c25-14-10-26-7-3-12(14)23-19-21-9-15-16(24-19)17-13(4-8-27-15)22-18(28-17)11-1-5-20-6-2-11/h9,11-12,14,20,25H,1-8,10H2,(H,21,23,24)/t12-,14-/m1/s1. The van der Waals surface area contributed by atoms with Gasteiger partial charge in [-0.1, -0.05) is 0 Å². The van der Waals surface area contributed by atoms with Crippen LogP contribution < -0.4 is 15.4 Å². The Hall–Kier alpha value is -1.81. The molecule has 0 aromatic carbocycles. The molecule has 150 valence electrons. The van der Waals surface area contributed by atoms with Crippen LogP contribution in [0.4, 0.5) is 5.95 Å². The van der Waals surface area contributed by atoms with Crippen molar-refractivity contribution in [1.82, 2.24) is 20.3 Å². The van der Waals surface area contributed by atoms with Gasteiger partial charge in [-0.25, -0.2) is 15.0 Å². The summed E-state index contributed by atoms with van der Waals surface area (Å²) < 4.78 is 11.2. The van der Waals surface area contributed by atoms with Crippen molar-refractivity contribution in [2.75, 3.05) is 38.2 Å². The Morgan fingerprint density at radius 1 is 1.18 bits per heavy atom. The second-order valence-corrected chi connectivity index (χ2v) is 8.57. The van der Waals surface area contributed by atoms with E-state index in [2.05, 4.69) is 15.6 Å². The van der Waals surface area contributed by atoms with E-state index in [1.807, 2.05) is 0 Å². The number of aliphatic hydroxyl groups is 1. The summed E-state index contributed by atoms with van der Waals surface area (Å²) in [6.45, 7) is 3.66. The fourth-order valence-corrected chi connectivity index (χ4v) is 5.27. The number of nitrogens with zero attached hydrogens (tertiary/aromatic N) is 3. The summed E-state index contributed by atoms with van der Waals surface area (Å²) in [5.41, 5.74) is 1.89. The molecule has 9 heteroatoms. The van der Waals surface area contributed by atoms with Gasteiger partial charge in [-0.05, 0) is 32.4 Å². The smallest absolute Gasteiger partial charge is 0.223 e. The van der Waals surface area contributed by atoms with Crippen molar-refractivity contribution in [3.8, 4) is 16.3 Å². The first-order chi connectivity index (χ1) is 13.8. The highest BCUT2D eigenvalue weighted by Gasteiger charge is 2.28. The van der Waals surface area contributed by atoms with Gasteiger partial charge in [0.05, 0.1) is 47.1 Å². The van der Waals surface area contributed by atoms with Crippen LogP contribution >= 0.6 is 11.3 Å². The van der Waals surface area contributed by atoms with E-state index in [1.165, 1.54) is 5.01 Å². The monoisotopic (exact) mass is 403 g/mol. The summed E-state index contributed by atoms with van der Waals surface area (Å²) in [7, 11) is 0. The van der Waals surface area contributed by atoms with Gasteiger partial charge < -0.3 is 25.2 Å². The molecule has 3 aliphatic heterocycles. The molecule has 0 amide bonds. The van der Waals surface area contributed by atoms with Crippen molar-refractivity contribution in [2.45, 2.75) is 43.7 Å². The summed E-state index contributed by atoms with van der Waals surface area (Å²) in [5, 5.41) is 18.0. The number of nitrogens with one attached hydrogen (secondary N) is 2. The van der Waals surface area contributed by atoms with E-state index in [-0.39, 0.29) is 6.04 Å². The maximum atomic E-state index is 10.1. The Balaban J connectivity index is 1.45. The molecule has 0 bridgehead atoms. The molecule has 0 saturated carbocycles. The number of rotatable bonds is 3. The quantitative estimate of drug-likeness (QED) is 0.710. The molecule has 2 saturated heterocycles. The minimum absolute atomic E-state index is 0.107. The largest absolute Gasteiger partial charge is 0.489 e. The molecule has 2 atom stereocenters. The molecule has 5 rings (SSSR count). The molecule has 8 nitrogen and oxygen atoms in total. The molecule has 2 fully saturated rings. The number of piperidine rings is 1. The van der Waals surface area contributed by atoms with Gasteiger partial charge in [0.2, 0.25) is 5.95 Å². The average molecular weight is 404 g/mol. The molecule has 3 N–H and O–H groups in total. The van der Waals surface area contributed by atoms with Crippen LogP contribution in [0, 0.1) is 0 Å². The van der Waals surface area contributed by atoms with Crippen molar-refractivity contribution in [3.63, 3.8) is 0 Å². The van der Waals surface area contributed by atoms with Crippen molar-refractivity contribution >= 4 is 17.3 Å². The van der Waals surface area contributed by atoms with E-state index in [9.17, 15) is 5.11 Å². The number of anilines is 1. The number of fused-ring (bicyclic) bond motifs is 3. The van der Waals surface area contributed by atoms with Crippen LogP contribution in [-0.4, -0.2) is 65.1 Å². The van der Waals surface area contributed by atoms with Gasteiger partial charge in [0.15, 0.2) is 5.75 Å². The summed E-state index contributed by atoms with van der Waals surface area (Å²) in [4.78, 5) is 15.2. The third kappa shape index (κ3) is 3.59. The predicted octanol–water partition coefficient (Wildman–Crippen LogP) is 1.56. The van der Waals surface area contributed by atoms with Crippen LogP contribution in [0.5, 0.6) is 5.75 Å². The summed E-state index contributed by atoms with van der Waals surface area (Å²) in [6, 6.07) is -0.107. The Labute approximate surface area is 167 Å². The molecule has 0 spiro atoms. The SMILES string of the molecule is O[C@@H]1COCC[C@H]1Nc1ncc2c(n1)-c1sc(C3CCNCC3)nc1CCO2. The molecule has 0 unspecified atom stereocenters. The van der Waals surface area contributed by atoms with Gasteiger partial charge in [-0.2, -0.15) is 0 Å². The number of hydrogen-bond donors (Lipinski definition) is 3. The van der Waals surface area contributed by atoms with Crippen LogP contribution in [0.1, 0.15) is 35.9 Å². The van der Waals surface area contributed by atoms with E-state index >= 15 is 0 Å². The van der Waals surface area contributed by atoms with Crippen LogP contribution in [0.2, 0.25) is 0 Å². The van der Waals surface area contributed by atoms with E-state index in [1.54, 1.807) is 17.5 Å². The Morgan fingerprint density at radius 3 is 2.93 bits per heavy atom. The van der Waals surface area contributed by atoms with E-state index in [0.717, 1.165) is 55.0 Å². The zero-order chi connectivity index (χ0) is 18.9. The lowest BCUT2D eigenvalue weighted by atomic mass is 9.99. The first kappa shape index (κ1) is 18.2. The molecule has 3 aliphatic rings. The third-order valence-electron chi connectivity index (χ3n) is 5.61. The minimum Gasteiger partial charge on any atom is -0.489 e. The van der Waals surface area contributed by atoms with Gasteiger partial charge in [0.1, 0.15) is 5.69 Å². The van der Waals surface area contributed by atoms with Gasteiger partial charge >= 0.3 is 0 Å². The Morgan fingerprint density at radius 2 is 2.07 bits per heavy atom. The number of aromatic nitrogens is 3. The summed E-state index contributed by atoms with van der Waals surface area (Å²) >= 11 is 1.75. The first-order valence-corrected chi connectivity index (χ1v) is 10.8. The number of ether oxygens (including phenoxy) is 2. The van der Waals surface area contributed by atoms with Gasteiger partial charge in [0, 0.05) is 18.9 Å². The topological polar surface area (TPSA) is 101 Å². The lowest BCUT2D eigenvalue weighted by Gasteiger charge is -2.28. The van der Waals surface area contributed by atoms with E-state index in [4.69, 9.17) is 19.4 Å². The number of thiazole rings is 1. The Bertz CT molecular complexity index is 839. The highest BCUT2D eigenvalue weighted by atomic mass is 32.1. The second kappa shape index (κ2) is 7.90. The van der Waals surface area contributed by atoms with E-state index in [0.29, 0.717) is 37.4 Å². The van der Waals surface area contributed by atoms with Crippen molar-refractivity contribution in [1.29, 1.82) is 0 Å².